The number of nitrogens with one attached hydrogen (secondary N) is 1. The highest BCUT2D eigenvalue weighted by molar-refractivity contribution is 8.04. The van der Waals surface area contributed by atoms with Crippen molar-refractivity contribution in [3.63, 3.8) is 0 Å². The Morgan fingerprint density at radius 2 is 2.42 bits per heavy atom. The van der Waals surface area contributed by atoms with Crippen LogP contribution in [0.3, 0.4) is 0 Å². The van der Waals surface area contributed by atoms with Crippen molar-refractivity contribution in [2.75, 3.05) is 7.11 Å². The lowest BCUT2D eigenvalue weighted by Gasteiger charge is -1.93. The average Bonchev–Trinajstić information content (AvgIpc) is 2.31. The van der Waals surface area contributed by atoms with Crippen LogP contribution in [0.1, 0.15) is 6.92 Å². The predicted octanol–water partition coefficient (Wildman–Crippen LogP) is 0.252. The fourth-order valence-electron chi connectivity index (χ4n) is 0.733. The lowest BCUT2D eigenvalue weighted by atomic mass is 10.4. The van der Waals surface area contributed by atoms with Gasteiger partial charge in [-0.2, -0.15) is 0 Å². The second kappa shape index (κ2) is 3.62. The van der Waals surface area contributed by atoms with Gasteiger partial charge in [-0.1, -0.05) is 11.8 Å². The molecule has 0 unspecified atom stereocenters. The van der Waals surface area contributed by atoms with Crippen LogP contribution in [0, 0.1) is 0 Å². The smallest absolute Gasteiger partial charge is 0.333 e. The van der Waals surface area contributed by atoms with Gasteiger partial charge in [-0.25, -0.2) is 4.79 Å². The summed E-state index contributed by atoms with van der Waals surface area (Å²) in [6.07, 6.45) is 1.27. The summed E-state index contributed by atoms with van der Waals surface area (Å²) >= 11 is 1.32. The second-order valence-corrected chi connectivity index (χ2v) is 3.66. The van der Waals surface area contributed by atoms with E-state index < -0.39 is 5.97 Å². The van der Waals surface area contributed by atoms with Gasteiger partial charge in [0, 0.05) is 0 Å². The lowest BCUT2D eigenvalue weighted by Crippen LogP contribution is -2.19. The van der Waals surface area contributed by atoms with Gasteiger partial charge in [0.25, 0.3) is 0 Å². The topological polar surface area (TPSA) is 55.4 Å². The third kappa shape index (κ3) is 2.01. The molecule has 0 bridgehead atoms. The maximum absolute atomic E-state index is 10.9. The molecule has 1 rings (SSSR count). The van der Waals surface area contributed by atoms with E-state index in [9.17, 15) is 9.59 Å². The molecule has 66 valence electrons. The van der Waals surface area contributed by atoms with E-state index in [4.69, 9.17) is 0 Å². The maximum Gasteiger partial charge on any atom is 0.333 e. The summed E-state index contributed by atoms with van der Waals surface area (Å²) < 4.78 is 4.40. The molecule has 0 aromatic carbocycles. The summed E-state index contributed by atoms with van der Waals surface area (Å²) in [5.41, 5.74) is 0. The Morgan fingerprint density at radius 1 is 1.75 bits per heavy atom. The minimum atomic E-state index is -0.452. The minimum Gasteiger partial charge on any atom is -0.466 e. The molecule has 0 spiro atoms. The SMILES string of the molecule is COC(=O)/C=C1\NC(=O)[C@@H](C)S1. The Kier molecular flexibility index (Phi) is 2.75. The van der Waals surface area contributed by atoms with Crippen LogP contribution in [-0.4, -0.2) is 24.2 Å². The first kappa shape index (κ1) is 9.12. The molecule has 1 amide bonds. The maximum atomic E-state index is 10.9. The molecule has 12 heavy (non-hydrogen) atoms. The summed E-state index contributed by atoms with van der Waals surface area (Å²) in [5.74, 6) is -0.526. The molecule has 4 nitrogen and oxygen atoms in total. The van der Waals surface area contributed by atoms with Crippen LogP contribution in [0.25, 0.3) is 0 Å². The van der Waals surface area contributed by atoms with Gasteiger partial charge in [0.15, 0.2) is 0 Å². The van der Waals surface area contributed by atoms with Crippen molar-refractivity contribution in [3.05, 3.63) is 11.1 Å². The largest absolute Gasteiger partial charge is 0.466 e. The third-order valence-electron chi connectivity index (χ3n) is 1.37. The second-order valence-electron chi connectivity index (χ2n) is 2.28. The Labute approximate surface area is 74.3 Å². The van der Waals surface area contributed by atoms with Crippen molar-refractivity contribution in [2.45, 2.75) is 12.2 Å². The number of carbonyl (C=O) groups is 2. The first-order chi connectivity index (χ1) is 5.63. The fraction of sp³-hybridized carbons (Fsp3) is 0.429. The zero-order valence-corrected chi connectivity index (χ0v) is 7.60. The summed E-state index contributed by atoms with van der Waals surface area (Å²) in [5, 5.41) is 2.98. The molecule has 0 aromatic rings. The van der Waals surface area contributed by atoms with Crippen molar-refractivity contribution in [3.8, 4) is 0 Å². The number of carbonyl (C=O) groups excluding carboxylic acids is 2. The molecular weight excluding hydrogens is 178 g/mol. The summed E-state index contributed by atoms with van der Waals surface area (Å²) in [6, 6.07) is 0. The number of rotatable bonds is 1. The average molecular weight is 187 g/mol. The quantitative estimate of drug-likeness (QED) is 0.472. The molecule has 1 aliphatic heterocycles. The Morgan fingerprint density at radius 3 is 2.83 bits per heavy atom. The van der Waals surface area contributed by atoms with Gasteiger partial charge in [0.2, 0.25) is 5.91 Å². The van der Waals surface area contributed by atoms with Crippen LogP contribution < -0.4 is 5.32 Å². The normalized spacial score (nSPS) is 25.7. The number of thioether (sulfide) groups is 1. The van der Waals surface area contributed by atoms with Crippen LogP contribution in [0.15, 0.2) is 11.1 Å². The zero-order valence-electron chi connectivity index (χ0n) is 6.79. The molecule has 0 saturated carbocycles. The number of ether oxygens (including phenoxy) is 1. The van der Waals surface area contributed by atoms with Crippen LogP contribution in [0.2, 0.25) is 0 Å². The third-order valence-corrected chi connectivity index (χ3v) is 2.41. The van der Waals surface area contributed by atoms with Crippen molar-refractivity contribution in [1.29, 1.82) is 0 Å². The Bertz CT molecular complexity index is 249. The van der Waals surface area contributed by atoms with Crippen molar-refractivity contribution in [2.24, 2.45) is 0 Å². The summed E-state index contributed by atoms with van der Waals surface area (Å²) in [6.45, 7) is 1.78. The molecule has 1 saturated heterocycles. The summed E-state index contributed by atoms with van der Waals surface area (Å²) in [4.78, 5) is 21.6. The highest BCUT2D eigenvalue weighted by Gasteiger charge is 2.24. The van der Waals surface area contributed by atoms with Crippen LogP contribution in [-0.2, 0) is 14.3 Å². The van der Waals surface area contributed by atoms with Crippen LogP contribution in [0.5, 0.6) is 0 Å². The van der Waals surface area contributed by atoms with E-state index in [0.29, 0.717) is 5.03 Å². The molecule has 1 atom stereocenters. The van der Waals surface area contributed by atoms with Crippen LogP contribution >= 0.6 is 11.8 Å². The van der Waals surface area contributed by atoms with E-state index >= 15 is 0 Å². The molecular formula is C7H9NO3S. The number of hydrogen-bond donors (Lipinski definition) is 1. The molecule has 1 aliphatic rings. The number of methoxy groups -OCH3 is 1. The van der Waals surface area contributed by atoms with E-state index in [1.54, 1.807) is 6.92 Å². The highest BCUT2D eigenvalue weighted by Crippen LogP contribution is 2.25. The standard InChI is InChI=1S/C7H9NO3S/c1-4-7(10)8-5(12-4)3-6(9)11-2/h3-4H,1-2H3,(H,8,10)/b5-3+/t4-/m1/s1. The lowest BCUT2D eigenvalue weighted by molar-refractivity contribution is -0.134. The first-order valence-electron chi connectivity index (χ1n) is 3.40. The molecule has 1 heterocycles. The van der Waals surface area contributed by atoms with Gasteiger partial charge in [0.1, 0.15) is 0 Å². The zero-order chi connectivity index (χ0) is 9.14. The van der Waals surface area contributed by atoms with Gasteiger partial charge in [-0.15, -0.1) is 0 Å². The van der Waals surface area contributed by atoms with Gasteiger partial charge in [-0.05, 0) is 6.92 Å². The van der Waals surface area contributed by atoms with Crippen LogP contribution in [0.4, 0.5) is 0 Å². The molecule has 1 N–H and O–H groups in total. The van der Waals surface area contributed by atoms with E-state index in [-0.39, 0.29) is 11.2 Å². The monoisotopic (exact) mass is 187 g/mol. The van der Waals surface area contributed by atoms with Gasteiger partial charge >= 0.3 is 5.97 Å². The molecule has 0 aliphatic carbocycles. The first-order valence-corrected chi connectivity index (χ1v) is 4.28. The fourth-order valence-corrected chi connectivity index (χ4v) is 1.60. The van der Waals surface area contributed by atoms with Gasteiger partial charge in [-0.3, -0.25) is 4.79 Å². The van der Waals surface area contributed by atoms with E-state index in [2.05, 4.69) is 10.1 Å². The van der Waals surface area contributed by atoms with Crippen molar-refractivity contribution >= 4 is 23.6 Å². The molecule has 5 heteroatoms. The number of esters is 1. The van der Waals surface area contributed by atoms with E-state index in [1.165, 1.54) is 24.9 Å². The number of hydrogen-bond acceptors (Lipinski definition) is 4. The highest BCUT2D eigenvalue weighted by atomic mass is 32.2. The molecule has 0 radical (unpaired) electrons. The van der Waals surface area contributed by atoms with Crippen molar-refractivity contribution in [1.82, 2.24) is 5.32 Å². The van der Waals surface area contributed by atoms with Crippen molar-refractivity contribution < 1.29 is 14.3 Å². The summed E-state index contributed by atoms with van der Waals surface area (Å²) in [7, 11) is 1.30. The van der Waals surface area contributed by atoms with E-state index in [0.717, 1.165) is 0 Å². The Balaban J connectivity index is 2.62. The minimum absolute atomic E-state index is 0.0739. The molecule has 0 aromatic heterocycles. The van der Waals surface area contributed by atoms with E-state index in [1.807, 2.05) is 0 Å². The van der Waals surface area contributed by atoms with Gasteiger partial charge < -0.3 is 10.1 Å². The predicted molar refractivity (Wildman–Crippen MR) is 45.3 cm³/mol. The number of amides is 1. The molecule has 1 fully saturated rings. The van der Waals surface area contributed by atoms with Gasteiger partial charge in [0.05, 0.1) is 23.5 Å². The Hall–Kier alpha value is -0.970.